The lowest BCUT2D eigenvalue weighted by atomic mass is 9.94. The van der Waals surface area contributed by atoms with Gasteiger partial charge in [0, 0.05) is 24.2 Å². The summed E-state index contributed by atoms with van der Waals surface area (Å²) in [6.45, 7) is 4.59. The lowest BCUT2D eigenvalue weighted by Gasteiger charge is -2.35. The van der Waals surface area contributed by atoms with Crippen molar-refractivity contribution in [2.75, 3.05) is 11.9 Å². The van der Waals surface area contributed by atoms with Gasteiger partial charge in [0.05, 0.1) is 4.92 Å². The van der Waals surface area contributed by atoms with Crippen molar-refractivity contribution in [3.05, 3.63) is 81.9 Å². The van der Waals surface area contributed by atoms with Crippen molar-refractivity contribution in [3.63, 3.8) is 0 Å². The van der Waals surface area contributed by atoms with Crippen LogP contribution in [0.2, 0.25) is 5.02 Å². The molecule has 6 nitrogen and oxygen atoms in total. The zero-order valence-corrected chi connectivity index (χ0v) is 16.9. The second kappa shape index (κ2) is 9.09. The summed E-state index contributed by atoms with van der Waals surface area (Å²) in [5, 5.41) is 15.3. The molecule has 0 saturated heterocycles. The fourth-order valence-electron chi connectivity index (χ4n) is 3.86. The monoisotopic (exact) mass is 413 g/mol. The summed E-state index contributed by atoms with van der Waals surface area (Å²) in [4.78, 5) is 26.4. The number of carbonyl (C=O) groups excluding carboxylic acids is 1. The molecule has 1 saturated carbocycles. The minimum atomic E-state index is -0.860. The molecule has 2 aromatic carbocycles. The lowest BCUT2D eigenvalue weighted by molar-refractivity contribution is -0.384. The summed E-state index contributed by atoms with van der Waals surface area (Å²) in [5.74, 6) is -0.0667. The highest BCUT2D eigenvalue weighted by molar-refractivity contribution is 6.30. The maximum atomic E-state index is 13.6. The van der Waals surface area contributed by atoms with Crippen LogP contribution in [0.4, 0.5) is 11.4 Å². The van der Waals surface area contributed by atoms with Crippen LogP contribution in [0, 0.1) is 10.1 Å². The van der Waals surface area contributed by atoms with E-state index in [2.05, 4.69) is 11.9 Å². The summed E-state index contributed by atoms with van der Waals surface area (Å²) in [7, 11) is 0. The molecule has 1 fully saturated rings. The summed E-state index contributed by atoms with van der Waals surface area (Å²) < 4.78 is 0. The summed E-state index contributed by atoms with van der Waals surface area (Å²) >= 11 is 5.97. The van der Waals surface area contributed by atoms with Crippen LogP contribution in [0.15, 0.2) is 61.2 Å². The van der Waals surface area contributed by atoms with Crippen LogP contribution in [0.1, 0.15) is 31.2 Å². The van der Waals surface area contributed by atoms with Gasteiger partial charge in [0.2, 0.25) is 5.91 Å². The largest absolute Gasteiger partial charge is 0.366 e. The third-order valence-electron chi connectivity index (χ3n) is 5.26. The Hall–Kier alpha value is -2.86. The number of para-hydroxylation sites is 2. The average molecular weight is 414 g/mol. The van der Waals surface area contributed by atoms with E-state index in [0.29, 0.717) is 36.6 Å². The first-order valence-electron chi connectivity index (χ1n) is 9.61. The quantitative estimate of drug-likeness (QED) is 0.367. The molecule has 7 heteroatoms. The highest BCUT2D eigenvalue weighted by atomic mass is 35.5. The van der Waals surface area contributed by atoms with Gasteiger partial charge in [-0.1, -0.05) is 54.8 Å². The van der Waals surface area contributed by atoms with Crippen molar-refractivity contribution in [1.82, 2.24) is 4.90 Å². The lowest BCUT2D eigenvalue weighted by Crippen LogP contribution is -2.52. The van der Waals surface area contributed by atoms with Crippen LogP contribution in [0.3, 0.4) is 0 Å². The number of hydrogen-bond donors (Lipinski definition) is 1. The number of nitrogens with one attached hydrogen (secondary N) is 1. The normalized spacial score (nSPS) is 14.9. The summed E-state index contributed by atoms with van der Waals surface area (Å²) in [6, 6.07) is 13.8. The zero-order chi connectivity index (χ0) is 20.9. The number of carbonyl (C=O) groups is 1. The Kier molecular flexibility index (Phi) is 6.54. The van der Waals surface area contributed by atoms with Gasteiger partial charge in [-0.2, -0.15) is 0 Å². The van der Waals surface area contributed by atoms with E-state index >= 15 is 0 Å². The van der Waals surface area contributed by atoms with Crippen LogP contribution in [-0.4, -0.2) is 27.8 Å². The Balaban J connectivity index is 1.89. The molecule has 3 rings (SSSR count). The zero-order valence-electron chi connectivity index (χ0n) is 16.1. The number of halogens is 1. The van der Waals surface area contributed by atoms with E-state index in [1.165, 1.54) is 6.07 Å². The van der Waals surface area contributed by atoms with E-state index in [1.54, 1.807) is 41.3 Å². The Labute approximate surface area is 175 Å². The molecule has 0 aromatic heterocycles. The van der Waals surface area contributed by atoms with E-state index in [1.807, 2.05) is 12.1 Å². The van der Waals surface area contributed by atoms with E-state index in [0.717, 1.165) is 18.4 Å². The van der Waals surface area contributed by atoms with E-state index in [-0.39, 0.29) is 11.6 Å². The Morgan fingerprint density at radius 3 is 2.48 bits per heavy atom. The smallest absolute Gasteiger partial charge is 0.292 e. The van der Waals surface area contributed by atoms with Crippen LogP contribution in [0.25, 0.3) is 0 Å². The van der Waals surface area contributed by atoms with Crippen molar-refractivity contribution >= 4 is 28.9 Å². The molecule has 0 radical (unpaired) electrons. The van der Waals surface area contributed by atoms with Crippen LogP contribution in [0.5, 0.6) is 0 Å². The number of benzene rings is 2. The van der Waals surface area contributed by atoms with Gasteiger partial charge >= 0.3 is 0 Å². The van der Waals surface area contributed by atoms with Gasteiger partial charge in [-0.3, -0.25) is 14.9 Å². The van der Waals surface area contributed by atoms with Crippen LogP contribution >= 0.6 is 11.6 Å². The Morgan fingerprint density at radius 1 is 1.21 bits per heavy atom. The second-order valence-electron chi connectivity index (χ2n) is 7.29. The second-order valence-corrected chi connectivity index (χ2v) is 7.73. The van der Waals surface area contributed by atoms with E-state index < -0.39 is 10.5 Å². The predicted molar refractivity (Wildman–Crippen MR) is 115 cm³/mol. The molecule has 1 N–H and O–H groups in total. The number of rotatable bonds is 8. The number of nitro benzene ring substituents is 1. The van der Waals surface area contributed by atoms with Crippen molar-refractivity contribution in [2.24, 2.45) is 0 Å². The number of anilines is 1. The average Bonchev–Trinajstić information content (AvgIpc) is 3.18. The SMILES string of the molecule is C=CCN(Cc1ccc(Cl)cc1)C(=O)C1(Nc2ccccc2[N+](=O)[O-])CCCC1. The molecule has 0 aliphatic heterocycles. The molecule has 1 aliphatic carbocycles. The molecule has 0 spiro atoms. The molecule has 152 valence electrons. The highest BCUT2D eigenvalue weighted by Gasteiger charge is 2.44. The Bertz CT molecular complexity index is 892. The first-order chi connectivity index (χ1) is 13.9. The minimum Gasteiger partial charge on any atom is -0.366 e. The van der Waals surface area contributed by atoms with Gasteiger partial charge in [-0.25, -0.2) is 0 Å². The fourth-order valence-corrected chi connectivity index (χ4v) is 3.98. The third-order valence-corrected chi connectivity index (χ3v) is 5.52. The molecule has 1 aliphatic rings. The molecule has 0 heterocycles. The predicted octanol–water partition coefficient (Wildman–Crippen LogP) is 5.19. The first kappa shape index (κ1) is 20.9. The standard InChI is InChI=1S/C22H24ClN3O3/c1-2-15-25(16-17-9-11-18(23)12-10-17)21(27)22(13-5-6-14-22)24-19-7-3-4-8-20(19)26(28)29/h2-4,7-12,24H,1,5-6,13-16H2. The number of amides is 1. The molecular weight excluding hydrogens is 390 g/mol. The molecule has 0 atom stereocenters. The van der Waals surface area contributed by atoms with E-state index in [9.17, 15) is 14.9 Å². The third kappa shape index (κ3) is 4.77. The number of hydrogen-bond acceptors (Lipinski definition) is 4. The minimum absolute atomic E-state index is 0.0282. The van der Waals surface area contributed by atoms with Crippen molar-refractivity contribution in [2.45, 2.75) is 37.8 Å². The van der Waals surface area contributed by atoms with Crippen molar-refractivity contribution in [1.29, 1.82) is 0 Å². The van der Waals surface area contributed by atoms with E-state index in [4.69, 9.17) is 11.6 Å². The Morgan fingerprint density at radius 2 is 1.86 bits per heavy atom. The highest BCUT2D eigenvalue weighted by Crippen LogP contribution is 2.37. The molecule has 0 bridgehead atoms. The van der Waals surface area contributed by atoms with Gasteiger partial charge in [0.25, 0.3) is 5.69 Å². The maximum Gasteiger partial charge on any atom is 0.292 e. The number of nitrogens with zero attached hydrogens (tertiary/aromatic N) is 2. The topological polar surface area (TPSA) is 75.5 Å². The maximum absolute atomic E-state index is 13.6. The van der Waals surface area contributed by atoms with Gasteiger partial charge in [-0.05, 0) is 36.6 Å². The van der Waals surface area contributed by atoms with Gasteiger partial charge < -0.3 is 10.2 Å². The van der Waals surface area contributed by atoms with Crippen molar-refractivity contribution < 1.29 is 9.72 Å². The molecule has 29 heavy (non-hydrogen) atoms. The molecule has 0 unspecified atom stereocenters. The van der Waals surface area contributed by atoms with Gasteiger partial charge in [0.15, 0.2) is 0 Å². The first-order valence-corrected chi connectivity index (χ1v) is 9.99. The summed E-state index contributed by atoms with van der Waals surface area (Å²) in [6.07, 6.45) is 4.74. The number of nitro groups is 1. The summed E-state index contributed by atoms with van der Waals surface area (Å²) in [5.41, 5.74) is 0.447. The molecule has 1 amide bonds. The van der Waals surface area contributed by atoms with Crippen molar-refractivity contribution in [3.8, 4) is 0 Å². The van der Waals surface area contributed by atoms with Gasteiger partial charge in [0.1, 0.15) is 11.2 Å². The molecule has 2 aromatic rings. The fraction of sp³-hybridized carbons (Fsp3) is 0.318. The van der Waals surface area contributed by atoms with Crippen LogP contribution in [-0.2, 0) is 11.3 Å². The molecular formula is C22H24ClN3O3. The van der Waals surface area contributed by atoms with Crippen LogP contribution < -0.4 is 5.32 Å². The van der Waals surface area contributed by atoms with Gasteiger partial charge in [-0.15, -0.1) is 6.58 Å².